The fraction of sp³-hybridized carbons (Fsp3) is 0. The van der Waals surface area contributed by atoms with Gasteiger partial charge in [-0.05, 0) is 28.1 Å². The summed E-state index contributed by atoms with van der Waals surface area (Å²) in [5.74, 6) is -0.322. The van der Waals surface area contributed by atoms with Crippen LogP contribution in [0.4, 0.5) is 0 Å². The summed E-state index contributed by atoms with van der Waals surface area (Å²) in [6, 6.07) is 12.2. The molecule has 2 aromatic heterocycles. The van der Waals surface area contributed by atoms with E-state index in [0.717, 1.165) is 4.47 Å². The minimum Gasteiger partial charge on any atom is -0.288 e. The molecule has 0 radical (unpaired) electrons. The van der Waals surface area contributed by atoms with Crippen molar-refractivity contribution in [2.75, 3.05) is 0 Å². The summed E-state index contributed by atoms with van der Waals surface area (Å²) >= 11 is 3.30. The van der Waals surface area contributed by atoms with Crippen molar-refractivity contribution >= 4 is 27.4 Å². The highest BCUT2D eigenvalue weighted by Gasteiger charge is 2.14. The lowest BCUT2D eigenvalue weighted by Crippen LogP contribution is -2.23. The summed E-state index contributed by atoms with van der Waals surface area (Å²) in [5, 5.41) is 0. The van der Waals surface area contributed by atoms with Crippen LogP contribution in [0.25, 0.3) is 5.65 Å². The molecule has 0 saturated carbocycles. The molecular formula is C15H9BrN2O2. The summed E-state index contributed by atoms with van der Waals surface area (Å²) < 4.78 is 2.11. The second-order valence-corrected chi connectivity index (χ2v) is 5.16. The van der Waals surface area contributed by atoms with Crippen LogP contribution in [0.2, 0.25) is 0 Å². The van der Waals surface area contributed by atoms with Gasteiger partial charge in [0.1, 0.15) is 11.2 Å². The molecule has 0 bridgehead atoms. The summed E-state index contributed by atoms with van der Waals surface area (Å²) in [6.45, 7) is 0. The van der Waals surface area contributed by atoms with E-state index in [1.54, 1.807) is 42.6 Å². The third-order valence-electron chi connectivity index (χ3n) is 2.95. The van der Waals surface area contributed by atoms with E-state index >= 15 is 0 Å². The molecule has 3 rings (SSSR count). The number of ketones is 1. The molecule has 0 spiro atoms. The van der Waals surface area contributed by atoms with Crippen LogP contribution in [-0.4, -0.2) is 15.2 Å². The quantitative estimate of drug-likeness (QED) is 0.679. The van der Waals surface area contributed by atoms with Gasteiger partial charge in [0.15, 0.2) is 5.78 Å². The first kappa shape index (κ1) is 12.7. The number of benzene rings is 1. The first-order valence-corrected chi connectivity index (χ1v) is 6.73. The van der Waals surface area contributed by atoms with Gasteiger partial charge >= 0.3 is 0 Å². The molecule has 3 aromatic rings. The molecule has 0 atom stereocenters. The van der Waals surface area contributed by atoms with Crippen LogP contribution in [-0.2, 0) is 0 Å². The number of hydrogen-bond acceptors (Lipinski definition) is 3. The highest BCUT2D eigenvalue weighted by atomic mass is 79.9. The predicted octanol–water partition coefficient (Wildman–Crippen LogP) is 2.69. The smallest absolute Gasteiger partial charge is 0.269 e. The van der Waals surface area contributed by atoms with Crippen LogP contribution in [0.15, 0.2) is 64.1 Å². The van der Waals surface area contributed by atoms with Crippen molar-refractivity contribution in [1.82, 2.24) is 9.38 Å². The van der Waals surface area contributed by atoms with E-state index < -0.39 is 0 Å². The molecule has 1 aromatic carbocycles. The van der Waals surface area contributed by atoms with Crippen molar-refractivity contribution in [1.29, 1.82) is 0 Å². The van der Waals surface area contributed by atoms with Gasteiger partial charge in [0, 0.05) is 22.4 Å². The highest BCUT2D eigenvalue weighted by Crippen LogP contribution is 2.10. The van der Waals surface area contributed by atoms with Gasteiger partial charge < -0.3 is 0 Å². The lowest BCUT2D eigenvalue weighted by atomic mass is 10.1. The van der Waals surface area contributed by atoms with E-state index in [4.69, 9.17) is 0 Å². The topological polar surface area (TPSA) is 51.4 Å². The van der Waals surface area contributed by atoms with Crippen LogP contribution in [0.3, 0.4) is 0 Å². The zero-order valence-electron chi connectivity index (χ0n) is 10.3. The Morgan fingerprint density at radius 2 is 1.85 bits per heavy atom. The van der Waals surface area contributed by atoms with Crippen molar-refractivity contribution in [2.45, 2.75) is 0 Å². The van der Waals surface area contributed by atoms with Crippen LogP contribution >= 0.6 is 15.9 Å². The van der Waals surface area contributed by atoms with Gasteiger partial charge in [0.05, 0.1) is 0 Å². The molecule has 0 saturated heterocycles. The number of pyridine rings is 1. The molecule has 4 nitrogen and oxygen atoms in total. The first-order chi connectivity index (χ1) is 9.66. The maximum Gasteiger partial charge on any atom is 0.269 e. The van der Waals surface area contributed by atoms with Crippen molar-refractivity contribution in [3.8, 4) is 0 Å². The van der Waals surface area contributed by atoms with Gasteiger partial charge in [-0.15, -0.1) is 0 Å². The maximum absolute atomic E-state index is 12.4. The van der Waals surface area contributed by atoms with E-state index in [9.17, 15) is 9.59 Å². The molecule has 2 heterocycles. The molecule has 0 fully saturated rings. The molecule has 20 heavy (non-hydrogen) atoms. The lowest BCUT2D eigenvalue weighted by Gasteiger charge is -2.04. The molecular weight excluding hydrogens is 320 g/mol. The summed E-state index contributed by atoms with van der Waals surface area (Å²) in [7, 11) is 0. The van der Waals surface area contributed by atoms with Gasteiger partial charge in [0.25, 0.3) is 5.56 Å². The number of carbonyl (C=O) groups is 1. The number of nitrogens with zero attached hydrogens (tertiary/aromatic N) is 2. The monoisotopic (exact) mass is 328 g/mol. The number of fused-ring (bicyclic) bond motifs is 1. The Morgan fingerprint density at radius 1 is 1.10 bits per heavy atom. The van der Waals surface area contributed by atoms with Crippen LogP contribution < -0.4 is 5.56 Å². The normalized spacial score (nSPS) is 10.7. The highest BCUT2D eigenvalue weighted by molar-refractivity contribution is 9.10. The van der Waals surface area contributed by atoms with E-state index in [-0.39, 0.29) is 16.9 Å². The Balaban J connectivity index is 2.20. The zero-order chi connectivity index (χ0) is 14.1. The SMILES string of the molecule is O=C(c1ccccc1)c1cnc2ccc(Br)cn2c1=O. The summed E-state index contributed by atoms with van der Waals surface area (Å²) in [5.41, 5.74) is 0.668. The molecule has 0 N–H and O–H groups in total. The summed E-state index contributed by atoms with van der Waals surface area (Å²) in [6.07, 6.45) is 2.94. The molecule has 0 aliphatic heterocycles. The van der Waals surface area contributed by atoms with Gasteiger partial charge in [-0.25, -0.2) is 4.98 Å². The number of carbonyl (C=O) groups excluding carboxylic acids is 1. The maximum atomic E-state index is 12.4. The Bertz CT molecular complexity index is 857. The van der Waals surface area contributed by atoms with Gasteiger partial charge in [-0.3, -0.25) is 14.0 Å². The average Bonchev–Trinajstić information content (AvgIpc) is 2.48. The minimum absolute atomic E-state index is 0.0619. The molecule has 0 aliphatic rings. The van der Waals surface area contributed by atoms with Crippen LogP contribution in [0, 0.1) is 0 Å². The largest absolute Gasteiger partial charge is 0.288 e. The molecule has 0 unspecified atom stereocenters. The van der Waals surface area contributed by atoms with Crippen molar-refractivity contribution in [3.05, 3.63) is 80.8 Å². The fourth-order valence-corrected chi connectivity index (χ4v) is 2.29. The van der Waals surface area contributed by atoms with Crippen LogP contribution in [0.1, 0.15) is 15.9 Å². The standard InChI is InChI=1S/C15H9BrN2O2/c16-11-6-7-13-17-8-12(15(20)18(13)9-11)14(19)10-4-2-1-3-5-10/h1-9H. The molecule has 0 amide bonds. The number of halogens is 1. The lowest BCUT2D eigenvalue weighted by molar-refractivity contribution is 0.103. The van der Waals surface area contributed by atoms with E-state index in [1.165, 1.54) is 10.6 Å². The predicted molar refractivity (Wildman–Crippen MR) is 79.0 cm³/mol. The number of hydrogen-bond donors (Lipinski definition) is 0. The fourth-order valence-electron chi connectivity index (χ4n) is 1.95. The van der Waals surface area contributed by atoms with Gasteiger partial charge in [-0.2, -0.15) is 0 Å². The first-order valence-electron chi connectivity index (χ1n) is 5.93. The second-order valence-electron chi connectivity index (χ2n) is 4.25. The van der Waals surface area contributed by atoms with E-state index in [2.05, 4.69) is 20.9 Å². The van der Waals surface area contributed by atoms with E-state index in [1.807, 2.05) is 6.07 Å². The third-order valence-corrected chi connectivity index (χ3v) is 3.42. The number of rotatable bonds is 2. The Kier molecular flexibility index (Phi) is 3.20. The minimum atomic E-state index is -0.370. The molecule has 98 valence electrons. The Hall–Kier alpha value is -2.27. The zero-order valence-corrected chi connectivity index (χ0v) is 11.9. The van der Waals surface area contributed by atoms with Crippen molar-refractivity contribution in [3.63, 3.8) is 0 Å². The van der Waals surface area contributed by atoms with E-state index in [0.29, 0.717) is 11.2 Å². The van der Waals surface area contributed by atoms with Crippen molar-refractivity contribution in [2.24, 2.45) is 0 Å². The second kappa shape index (κ2) is 5.02. The van der Waals surface area contributed by atoms with Crippen molar-refractivity contribution < 1.29 is 4.79 Å². The van der Waals surface area contributed by atoms with Gasteiger partial charge in [0.2, 0.25) is 0 Å². The third kappa shape index (κ3) is 2.16. The average molecular weight is 329 g/mol. The Morgan fingerprint density at radius 3 is 2.60 bits per heavy atom. The molecule has 0 aliphatic carbocycles. The van der Waals surface area contributed by atoms with Crippen LogP contribution in [0.5, 0.6) is 0 Å². The van der Waals surface area contributed by atoms with Gasteiger partial charge in [-0.1, -0.05) is 30.3 Å². The Labute approximate surface area is 122 Å². The molecule has 5 heteroatoms. The number of aromatic nitrogens is 2. The summed E-state index contributed by atoms with van der Waals surface area (Å²) in [4.78, 5) is 28.9.